The first kappa shape index (κ1) is 24.4. The maximum atomic E-state index is 13.5. The van der Waals surface area contributed by atoms with Crippen molar-refractivity contribution in [2.75, 3.05) is 25.1 Å². The first-order valence-electron chi connectivity index (χ1n) is 11.2. The number of anilines is 2. The van der Waals surface area contributed by atoms with Gasteiger partial charge in [0.1, 0.15) is 5.75 Å². The van der Waals surface area contributed by atoms with E-state index in [9.17, 15) is 22.8 Å². The number of pyridine rings is 1. The van der Waals surface area contributed by atoms with Crippen molar-refractivity contribution in [2.45, 2.75) is 26.1 Å². The lowest BCUT2D eigenvalue weighted by Gasteiger charge is -2.36. The van der Waals surface area contributed by atoms with Crippen LogP contribution in [0.3, 0.4) is 0 Å². The summed E-state index contributed by atoms with van der Waals surface area (Å²) in [6.07, 6.45) is -2.27. The summed E-state index contributed by atoms with van der Waals surface area (Å²) in [5.41, 5.74) is 1.82. The van der Waals surface area contributed by atoms with E-state index in [0.717, 1.165) is 23.4 Å². The van der Waals surface area contributed by atoms with Gasteiger partial charge in [-0.3, -0.25) is 9.59 Å². The van der Waals surface area contributed by atoms with Crippen molar-refractivity contribution in [1.29, 1.82) is 0 Å². The fourth-order valence-electron chi connectivity index (χ4n) is 4.32. The van der Waals surface area contributed by atoms with Gasteiger partial charge in [0, 0.05) is 37.5 Å². The van der Waals surface area contributed by atoms with Gasteiger partial charge in [0.25, 0.3) is 5.56 Å². The van der Waals surface area contributed by atoms with Crippen LogP contribution < -0.4 is 20.5 Å². The molecular weight excluding hydrogens is 459 g/mol. The molecule has 184 valence electrons. The highest BCUT2D eigenvalue weighted by atomic mass is 19.4. The summed E-state index contributed by atoms with van der Waals surface area (Å²) < 4.78 is 46.0. The summed E-state index contributed by atoms with van der Waals surface area (Å²) in [6, 6.07) is 14.2. The molecule has 6 nitrogen and oxygen atoms in total. The number of amides is 1. The van der Waals surface area contributed by atoms with E-state index in [0.29, 0.717) is 43.0 Å². The molecule has 1 aliphatic rings. The number of hydrogen-bond donors (Lipinski definition) is 1. The average molecular weight is 486 g/mol. The van der Waals surface area contributed by atoms with Crippen LogP contribution in [-0.4, -0.2) is 30.7 Å². The second kappa shape index (κ2) is 9.85. The Balaban J connectivity index is 1.69. The van der Waals surface area contributed by atoms with E-state index in [-0.39, 0.29) is 17.4 Å². The van der Waals surface area contributed by atoms with Gasteiger partial charge in [0.2, 0.25) is 5.91 Å². The van der Waals surface area contributed by atoms with Crippen molar-refractivity contribution < 1.29 is 22.7 Å². The molecule has 3 aromatic rings. The Morgan fingerprint density at radius 1 is 1.09 bits per heavy atom. The standard InChI is InChI=1S/C26H26F3N3O3/c1-17(33)30-14-19-13-23-24(32(16-19)21-7-5-20(6-8-21)26(27,28)29)11-12-31(25(23)34)15-18-3-9-22(35-2)10-4-18/h3-12,19H,13-16H2,1-2H3,(H,30,33). The summed E-state index contributed by atoms with van der Waals surface area (Å²) in [6.45, 7) is 2.61. The molecule has 1 unspecified atom stereocenters. The zero-order valence-corrected chi connectivity index (χ0v) is 19.4. The van der Waals surface area contributed by atoms with Crippen molar-refractivity contribution in [2.24, 2.45) is 5.92 Å². The van der Waals surface area contributed by atoms with Crippen LogP contribution in [0.15, 0.2) is 65.6 Å². The van der Waals surface area contributed by atoms with Crippen molar-refractivity contribution in [3.05, 3.63) is 87.8 Å². The molecule has 9 heteroatoms. The minimum atomic E-state index is -4.43. The van der Waals surface area contributed by atoms with Crippen LogP contribution >= 0.6 is 0 Å². The highest BCUT2D eigenvalue weighted by Crippen LogP contribution is 2.36. The number of carbonyl (C=O) groups is 1. The van der Waals surface area contributed by atoms with Gasteiger partial charge >= 0.3 is 6.18 Å². The topological polar surface area (TPSA) is 63.6 Å². The fourth-order valence-corrected chi connectivity index (χ4v) is 4.32. The van der Waals surface area contributed by atoms with Gasteiger partial charge in [0.05, 0.1) is 24.9 Å². The number of aromatic nitrogens is 1. The molecule has 1 aliphatic heterocycles. The number of carbonyl (C=O) groups excluding carboxylic acids is 1. The zero-order valence-electron chi connectivity index (χ0n) is 19.4. The van der Waals surface area contributed by atoms with Gasteiger partial charge in [-0.2, -0.15) is 13.2 Å². The molecule has 2 aromatic carbocycles. The first-order valence-corrected chi connectivity index (χ1v) is 11.2. The van der Waals surface area contributed by atoms with Crippen LogP contribution in [0.5, 0.6) is 5.75 Å². The van der Waals surface area contributed by atoms with Gasteiger partial charge in [-0.05, 0) is 60.4 Å². The highest BCUT2D eigenvalue weighted by molar-refractivity contribution is 5.73. The smallest absolute Gasteiger partial charge is 0.416 e. The SMILES string of the molecule is COc1ccc(Cn2ccc3c(c2=O)CC(CNC(C)=O)CN3c2ccc(C(F)(F)F)cc2)cc1. The number of hydrogen-bond acceptors (Lipinski definition) is 4. The second-order valence-corrected chi connectivity index (χ2v) is 8.62. The van der Waals surface area contributed by atoms with Gasteiger partial charge in [-0.1, -0.05) is 12.1 Å². The van der Waals surface area contributed by atoms with E-state index in [1.165, 1.54) is 19.1 Å². The number of halogens is 3. The lowest BCUT2D eigenvalue weighted by Crippen LogP contribution is -2.42. The Labute approximate surface area is 200 Å². The molecule has 0 aliphatic carbocycles. The lowest BCUT2D eigenvalue weighted by molar-refractivity contribution is -0.137. The van der Waals surface area contributed by atoms with Crippen LogP contribution in [0.25, 0.3) is 0 Å². The van der Waals surface area contributed by atoms with Crippen LogP contribution in [0.1, 0.15) is 23.6 Å². The summed E-state index contributed by atoms with van der Waals surface area (Å²) in [4.78, 5) is 26.8. The molecule has 0 spiro atoms. The van der Waals surface area contributed by atoms with E-state index in [1.807, 2.05) is 35.2 Å². The Morgan fingerprint density at radius 3 is 2.37 bits per heavy atom. The lowest BCUT2D eigenvalue weighted by atomic mass is 9.92. The Hall–Kier alpha value is -3.75. The van der Waals surface area contributed by atoms with Crippen molar-refractivity contribution >= 4 is 17.3 Å². The molecule has 1 N–H and O–H groups in total. The van der Waals surface area contributed by atoms with E-state index in [2.05, 4.69) is 5.32 Å². The number of alkyl halides is 3. The maximum absolute atomic E-state index is 13.5. The normalized spacial score (nSPS) is 15.5. The molecule has 1 aromatic heterocycles. The molecule has 0 saturated heterocycles. The van der Waals surface area contributed by atoms with E-state index in [1.54, 1.807) is 17.9 Å². The Morgan fingerprint density at radius 2 is 1.77 bits per heavy atom. The summed E-state index contributed by atoms with van der Waals surface area (Å²) in [5, 5.41) is 2.80. The summed E-state index contributed by atoms with van der Waals surface area (Å²) >= 11 is 0. The van der Waals surface area contributed by atoms with Crippen molar-refractivity contribution in [3.8, 4) is 5.75 Å². The van der Waals surface area contributed by atoms with Crippen LogP contribution in [0, 0.1) is 5.92 Å². The zero-order chi connectivity index (χ0) is 25.2. The third-order valence-corrected chi connectivity index (χ3v) is 6.12. The van der Waals surface area contributed by atoms with Crippen LogP contribution in [0.4, 0.5) is 24.5 Å². The number of fused-ring (bicyclic) bond motifs is 1. The number of rotatable bonds is 6. The van der Waals surface area contributed by atoms with Crippen LogP contribution in [0.2, 0.25) is 0 Å². The molecular formula is C26H26F3N3O3. The Kier molecular flexibility index (Phi) is 6.86. The molecule has 35 heavy (non-hydrogen) atoms. The molecule has 4 rings (SSSR count). The van der Waals surface area contributed by atoms with Crippen molar-refractivity contribution in [3.63, 3.8) is 0 Å². The first-order chi connectivity index (χ1) is 16.7. The highest BCUT2D eigenvalue weighted by Gasteiger charge is 2.32. The largest absolute Gasteiger partial charge is 0.497 e. The maximum Gasteiger partial charge on any atom is 0.416 e. The minimum Gasteiger partial charge on any atom is -0.497 e. The van der Waals surface area contributed by atoms with Gasteiger partial charge in [0.15, 0.2) is 0 Å². The third kappa shape index (κ3) is 5.50. The van der Waals surface area contributed by atoms with Gasteiger partial charge in [-0.25, -0.2) is 0 Å². The summed E-state index contributed by atoms with van der Waals surface area (Å²) in [5.74, 6) is 0.458. The molecule has 0 saturated carbocycles. The van der Waals surface area contributed by atoms with E-state index < -0.39 is 11.7 Å². The number of nitrogens with zero attached hydrogens (tertiary/aromatic N) is 2. The monoisotopic (exact) mass is 485 g/mol. The minimum absolute atomic E-state index is 0.0850. The number of methoxy groups -OCH3 is 1. The number of ether oxygens (including phenoxy) is 1. The van der Waals surface area contributed by atoms with Crippen LogP contribution in [-0.2, 0) is 23.9 Å². The van der Waals surface area contributed by atoms with Gasteiger partial charge < -0.3 is 19.5 Å². The molecule has 0 fully saturated rings. The molecule has 2 heterocycles. The molecule has 1 amide bonds. The van der Waals surface area contributed by atoms with E-state index >= 15 is 0 Å². The fraction of sp³-hybridized carbons (Fsp3) is 0.308. The Bertz CT molecular complexity index is 1250. The number of benzene rings is 2. The third-order valence-electron chi connectivity index (χ3n) is 6.12. The van der Waals surface area contributed by atoms with Crippen molar-refractivity contribution in [1.82, 2.24) is 9.88 Å². The molecule has 0 radical (unpaired) electrons. The number of nitrogens with one attached hydrogen (secondary N) is 1. The second-order valence-electron chi connectivity index (χ2n) is 8.62. The summed E-state index contributed by atoms with van der Waals surface area (Å²) in [7, 11) is 1.59. The molecule has 1 atom stereocenters. The molecule has 0 bridgehead atoms. The van der Waals surface area contributed by atoms with Gasteiger partial charge in [-0.15, -0.1) is 0 Å². The quantitative estimate of drug-likeness (QED) is 0.563. The predicted molar refractivity (Wildman–Crippen MR) is 127 cm³/mol. The van der Waals surface area contributed by atoms with E-state index in [4.69, 9.17) is 4.74 Å². The predicted octanol–water partition coefficient (Wildman–Crippen LogP) is 4.37. The average Bonchev–Trinajstić information content (AvgIpc) is 2.84.